The summed E-state index contributed by atoms with van der Waals surface area (Å²) < 4.78 is 0. The summed E-state index contributed by atoms with van der Waals surface area (Å²) in [5.74, 6) is -0.0826. The number of primary amides is 1. The number of anilines is 1. The van der Waals surface area contributed by atoms with Crippen LogP contribution in [0, 0.1) is 13.8 Å². The quantitative estimate of drug-likeness (QED) is 0.688. The Kier molecular flexibility index (Phi) is 7.12. The molecule has 8 heteroatoms. The van der Waals surface area contributed by atoms with Crippen molar-refractivity contribution in [1.29, 1.82) is 0 Å². The number of amides is 5. The van der Waals surface area contributed by atoms with Crippen LogP contribution in [0.1, 0.15) is 29.2 Å². The van der Waals surface area contributed by atoms with Crippen LogP contribution in [0.2, 0.25) is 0 Å². The molecule has 1 atom stereocenters. The third-order valence-corrected chi connectivity index (χ3v) is 5.45. The highest BCUT2D eigenvalue weighted by atomic mass is 16.2. The van der Waals surface area contributed by atoms with Gasteiger partial charge in [0.15, 0.2) is 0 Å². The molecule has 0 saturated carbocycles. The standard InChI is InChI=1S/C23H29N5O3/c1-16-6-5-8-18(14-16)25-23(31)28-12-10-27(11-13-28)21(29)15-20(26-22(24)30)19-9-4-3-7-17(19)2/h3-9,14,20H,10-13,15H2,1-2H3,(H,25,31)(H3,24,26,30). The van der Waals surface area contributed by atoms with Gasteiger partial charge in [0, 0.05) is 31.9 Å². The van der Waals surface area contributed by atoms with E-state index >= 15 is 0 Å². The molecule has 164 valence electrons. The largest absolute Gasteiger partial charge is 0.352 e. The van der Waals surface area contributed by atoms with Crippen molar-refractivity contribution in [2.45, 2.75) is 26.3 Å². The van der Waals surface area contributed by atoms with E-state index in [0.717, 1.165) is 22.4 Å². The second-order valence-corrected chi connectivity index (χ2v) is 7.79. The molecule has 0 spiro atoms. The molecule has 1 aliphatic heterocycles. The summed E-state index contributed by atoms with van der Waals surface area (Å²) in [5, 5.41) is 5.58. The maximum Gasteiger partial charge on any atom is 0.321 e. The van der Waals surface area contributed by atoms with Gasteiger partial charge in [-0.1, -0.05) is 36.4 Å². The van der Waals surface area contributed by atoms with Gasteiger partial charge in [0.25, 0.3) is 0 Å². The van der Waals surface area contributed by atoms with Gasteiger partial charge >= 0.3 is 12.1 Å². The van der Waals surface area contributed by atoms with E-state index in [-0.39, 0.29) is 18.4 Å². The number of piperazine rings is 1. The monoisotopic (exact) mass is 423 g/mol. The number of aryl methyl sites for hydroxylation is 2. The number of benzene rings is 2. The minimum atomic E-state index is -0.668. The number of nitrogens with two attached hydrogens (primary N) is 1. The maximum atomic E-state index is 12.9. The van der Waals surface area contributed by atoms with Crippen molar-refractivity contribution in [1.82, 2.24) is 15.1 Å². The first-order chi connectivity index (χ1) is 14.8. The first-order valence-electron chi connectivity index (χ1n) is 10.4. The highest BCUT2D eigenvalue weighted by Crippen LogP contribution is 2.22. The van der Waals surface area contributed by atoms with Crippen molar-refractivity contribution in [2.75, 3.05) is 31.5 Å². The van der Waals surface area contributed by atoms with Crippen molar-refractivity contribution in [3.8, 4) is 0 Å². The zero-order valence-corrected chi connectivity index (χ0v) is 17.9. The summed E-state index contributed by atoms with van der Waals surface area (Å²) in [6.45, 7) is 5.68. The van der Waals surface area contributed by atoms with Gasteiger partial charge in [-0.25, -0.2) is 9.59 Å². The van der Waals surface area contributed by atoms with Crippen LogP contribution >= 0.6 is 0 Å². The number of carbonyl (C=O) groups excluding carboxylic acids is 3. The van der Waals surface area contributed by atoms with Crippen LogP contribution in [-0.2, 0) is 4.79 Å². The van der Waals surface area contributed by atoms with Crippen LogP contribution in [0.25, 0.3) is 0 Å². The molecule has 2 aromatic carbocycles. The van der Waals surface area contributed by atoms with Gasteiger partial charge in [-0.2, -0.15) is 0 Å². The van der Waals surface area contributed by atoms with Crippen molar-refractivity contribution in [2.24, 2.45) is 5.73 Å². The lowest BCUT2D eigenvalue weighted by atomic mass is 9.98. The van der Waals surface area contributed by atoms with E-state index in [0.29, 0.717) is 26.2 Å². The van der Waals surface area contributed by atoms with Gasteiger partial charge in [0.05, 0.1) is 12.5 Å². The first kappa shape index (κ1) is 22.1. The zero-order chi connectivity index (χ0) is 22.4. The highest BCUT2D eigenvalue weighted by Gasteiger charge is 2.27. The number of carbonyl (C=O) groups is 3. The van der Waals surface area contributed by atoms with Crippen LogP contribution in [0.5, 0.6) is 0 Å². The molecule has 1 aliphatic rings. The normalized spacial score (nSPS) is 14.6. The lowest BCUT2D eigenvalue weighted by Crippen LogP contribution is -2.52. The number of nitrogens with zero attached hydrogens (tertiary/aromatic N) is 2. The molecule has 1 fully saturated rings. The number of hydrogen-bond acceptors (Lipinski definition) is 3. The van der Waals surface area contributed by atoms with E-state index in [2.05, 4.69) is 10.6 Å². The Balaban J connectivity index is 1.56. The van der Waals surface area contributed by atoms with Crippen molar-refractivity contribution < 1.29 is 14.4 Å². The molecular formula is C23H29N5O3. The van der Waals surface area contributed by atoms with E-state index in [1.165, 1.54) is 0 Å². The van der Waals surface area contributed by atoms with Gasteiger partial charge in [-0.3, -0.25) is 4.79 Å². The Labute approximate surface area is 182 Å². The van der Waals surface area contributed by atoms with E-state index in [9.17, 15) is 14.4 Å². The second-order valence-electron chi connectivity index (χ2n) is 7.79. The van der Waals surface area contributed by atoms with Crippen molar-refractivity contribution in [3.63, 3.8) is 0 Å². The minimum absolute atomic E-state index is 0.0826. The average molecular weight is 424 g/mol. The van der Waals surface area contributed by atoms with Crippen LogP contribution in [-0.4, -0.2) is 53.9 Å². The van der Waals surface area contributed by atoms with E-state index in [4.69, 9.17) is 5.73 Å². The number of urea groups is 2. The van der Waals surface area contributed by atoms with Crippen LogP contribution in [0.15, 0.2) is 48.5 Å². The molecule has 0 radical (unpaired) electrons. The number of rotatable bonds is 5. The summed E-state index contributed by atoms with van der Waals surface area (Å²) >= 11 is 0. The fourth-order valence-electron chi connectivity index (χ4n) is 3.78. The summed E-state index contributed by atoms with van der Waals surface area (Å²) in [6.07, 6.45) is 0.114. The molecule has 0 aromatic heterocycles. The Hall–Kier alpha value is -3.55. The van der Waals surface area contributed by atoms with E-state index in [1.54, 1.807) is 9.80 Å². The van der Waals surface area contributed by atoms with Gasteiger partial charge in [-0.15, -0.1) is 0 Å². The molecule has 1 heterocycles. The van der Waals surface area contributed by atoms with Crippen LogP contribution < -0.4 is 16.4 Å². The predicted molar refractivity (Wildman–Crippen MR) is 120 cm³/mol. The lowest BCUT2D eigenvalue weighted by molar-refractivity contribution is -0.133. The molecule has 4 N–H and O–H groups in total. The minimum Gasteiger partial charge on any atom is -0.352 e. The Morgan fingerprint density at radius 2 is 1.65 bits per heavy atom. The van der Waals surface area contributed by atoms with E-state index < -0.39 is 12.1 Å². The second kappa shape index (κ2) is 9.97. The van der Waals surface area contributed by atoms with Crippen LogP contribution in [0.4, 0.5) is 15.3 Å². The molecule has 0 aliphatic carbocycles. The third-order valence-electron chi connectivity index (χ3n) is 5.45. The van der Waals surface area contributed by atoms with Crippen LogP contribution in [0.3, 0.4) is 0 Å². The van der Waals surface area contributed by atoms with Gasteiger partial charge in [0.2, 0.25) is 5.91 Å². The maximum absolute atomic E-state index is 12.9. The fourth-order valence-corrected chi connectivity index (χ4v) is 3.78. The number of nitrogens with one attached hydrogen (secondary N) is 2. The smallest absolute Gasteiger partial charge is 0.321 e. The topological polar surface area (TPSA) is 108 Å². The summed E-state index contributed by atoms with van der Waals surface area (Å²) in [6, 6.07) is 13.9. The summed E-state index contributed by atoms with van der Waals surface area (Å²) in [7, 11) is 0. The first-order valence-corrected chi connectivity index (χ1v) is 10.4. The predicted octanol–water partition coefficient (Wildman–Crippen LogP) is 2.78. The third kappa shape index (κ3) is 5.97. The van der Waals surface area contributed by atoms with Gasteiger partial charge in [0.1, 0.15) is 0 Å². The zero-order valence-electron chi connectivity index (χ0n) is 17.9. The highest BCUT2D eigenvalue weighted by molar-refractivity contribution is 5.89. The Morgan fingerprint density at radius 1 is 0.968 bits per heavy atom. The molecule has 2 aromatic rings. The lowest BCUT2D eigenvalue weighted by Gasteiger charge is -2.35. The Morgan fingerprint density at radius 3 is 2.29 bits per heavy atom. The summed E-state index contributed by atoms with van der Waals surface area (Å²) in [4.78, 5) is 40.3. The molecular weight excluding hydrogens is 394 g/mol. The fraction of sp³-hybridized carbons (Fsp3) is 0.348. The molecule has 0 bridgehead atoms. The van der Waals surface area contributed by atoms with Crippen molar-refractivity contribution in [3.05, 3.63) is 65.2 Å². The molecule has 3 rings (SSSR count). The van der Waals surface area contributed by atoms with Crippen molar-refractivity contribution >= 4 is 23.7 Å². The van der Waals surface area contributed by atoms with Gasteiger partial charge < -0.3 is 26.2 Å². The molecule has 1 unspecified atom stereocenters. The molecule has 8 nitrogen and oxygen atoms in total. The SMILES string of the molecule is Cc1cccc(NC(=O)N2CCN(C(=O)CC(NC(N)=O)c3ccccc3C)CC2)c1. The summed E-state index contributed by atoms with van der Waals surface area (Å²) in [5.41, 5.74) is 9.00. The molecule has 31 heavy (non-hydrogen) atoms. The molecule has 5 amide bonds. The average Bonchev–Trinajstić information content (AvgIpc) is 2.73. The number of hydrogen-bond donors (Lipinski definition) is 3. The Bertz CT molecular complexity index is 954. The van der Waals surface area contributed by atoms with Gasteiger partial charge in [-0.05, 0) is 42.7 Å². The van der Waals surface area contributed by atoms with E-state index in [1.807, 2.05) is 62.4 Å². The molecule has 1 saturated heterocycles.